The summed E-state index contributed by atoms with van der Waals surface area (Å²) in [5, 5.41) is 0. The molecule has 0 aromatic rings. The second-order valence-electron chi connectivity index (χ2n) is 4.75. The van der Waals surface area contributed by atoms with Crippen LogP contribution in [0.5, 0.6) is 0 Å². The highest BCUT2D eigenvalue weighted by Crippen LogP contribution is 2.21. The summed E-state index contributed by atoms with van der Waals surface area (Å²) in [6, 6.07) is -0.239. The fourth-order valence-electron chi connectivity index (χ4n) is 1.62. The lowest BCUT2D eigenvalue weighted by molar-refractivity contribution is -0.141. The third-order valence-corrected chi connectivity index (χ3v) is 5.23. The summed E-state index contributed by atoms with van der Waals surface area (Å²) in [7, 11) is -3.46. The molecule has 0 bridgehead atoms. The van der Waals surface area contributed by atoms with Gasteiger partial charge in [-0.2, -0.15) is 0 Å². The van der Waals surface area contributed by atoms with Crippen LogP contribution in [0, 0.1) is 0 Å². The summed E-state index contributed by atoms with van der Waals surface area (Å²) >= 11 is 0. The molecule has 2 N–H and O–H groups in total. The Morgan fingerprint density at radius 1 is 1.53 bits per heavy atom. The van der Waals surface area contributed by atoms with E-state index in [9.17, 15) is 13.2 Å². The molecular weight excluding hydrogens is 244 g/mol. The number of carbonyl (C=O) groups is 1. The minimum atomic E-state index is -3.46. The Bertz CT molecular complexity index is 391. The van der Waals surface area contributed by atoms with E-state index < -0.39 is 20.5 Å². The zero-order valence-corrected chi connectivity index (χ0v) is 11.3. The van der Waals surface area contributed by atoms with Crippen LogP contribution < -0.4 is 5.73 Å². The molecule has 1 saturated heterocycles. The van der Waals surface area contributed by atoms with E-state index in [-0.39, 0.29) is 12.6 Å². The van der Waals surface area contributed by atoms with E-state index in [1.807, 2.05) is 0 Å². The largest absolute Gasteiger partial charge is 0.377 e. The molecule has 7 heteroatoms. The molecule has 100 valence electrons. The molecule has 1 aliphatic heterocycles. The average Bonchev–Trinajstić information content (AvgIpc) is 2.26. The SMILES string of the molecule is CC(C)(C(=O)N1CCOCC1CN)S(C)(=O)=O. The van der Waals surface area contributed by atoms with Crippen molar-refractivity contribution in [1.29, 1.82) is 0 Å². The van der Waals surface area contributed by atoms with Crippen molar-refractivity contribution in [3.8, 4) is 0 Å². The van der Waals surface area contributed by atoms with Gasteiger partial charge in [0.2, 0.25) is 5.91 Å². The van der Waals surface area contributed by atoms with Gasteiger partial charge < -0.3 is 15.4 Å². The fraction of sp³-hybridized carbons (Fsp3) is 0.900. The zero-order chi connectivity index (χ0) is 13.3. The van der Waals surface area contributed by atoms with Gasteiger partial charge in [0.15, 0.2) is 9.84 Å². The first-order chi connectivity index (χ1) is 7.71. The summed E-state index contributed by atoms with van der Waals surface area (Å²) < 4.78 is 27.1. The Morgan fingerprint density at radius 2 is 2.12 bits per heavy atom. The molecule has 17 heavy (non-hydrogen) atoms. The molecular formula is C10H20N2O4S. The molecule has 0 radical (unpaired) electrons. The molecule has 1 unspecified atom stereocenters. The monoisotopic (exact) mass is 264 g/mol. The molecule has 6 nitrogen and oxygen atoms in total. The second-order valence-corrected chi connectivity index (χ2v) is 7.31. The predicted molar refractivity (Wildman–Crippen MR) is 64.3 cm³/mol. The molecule has 1 rings (SSSR count). The molecule has 0 aromatic carbocycles. The van der Waals surface area contributed by atoms with Gasteiger partial charge in [0.25, 0.3) is 0 Å². The highest BCUT2D eigenvalue weighted by molar-refractivity contribution is 7.92. The minimum absolute atomic E-state index is 0.239. The van der Waals surface area contributed by atoms with E-state index in [4.69, 9.17) is 10.5 Å². The number of amides is 1. The third kappa shape index (κ3) is 2.78. The fourth-order valence-corrected chi connectivity index (χ4v) is 2.06. The van der Waals surface area contributed by atoms with Crippen LogP contribution in [-0.2, 0) is 19.4 Å². The molecule has 1 aliphatic rings. The van der Waals surface area contributed by atoms with Crippen molar-refractivity contribution in [2.24, 2.45) is 5.73 Å². The lowest BCUT2D eigenvalue weighted by Gasteiger charge is -2.38. The smallest absolute Gasteiger partial charge is 0.243 e. The summed E-state index contributed by atoms with van der Waals surface area (Å²) in [5.74, 6) is -0.404. The van der Waals surface area contributed by atoms with Gasteiger partial charge in [0.05, 0.1) is 19.3 Å². The van der Waals surface area contributed by atoms with Gasteiger partial charge in [0.1, 0.15) is 4.75 Å². The Morgan fingerprint density at radius 3 is 2.59 bits per heavy atom. The number of rotatable bonds is 3. The molecule has 1 amide bonds. The maximum Gasteiger partial charge on any atom is 0.243 e. The van der Waals surface area contributed by atoms with Gasteiger partial charge in [-0.15, -0.1) is 0 Å². The number of nitrogens with zero attached hydrogens (tertiary/aromatic N) is 1. The van der Waals surface area contributed by atoms with Crippen LogP contribution in [-0.4, -0.2) is 62.6 Å². The van der Waals surface area contributed by atoms with E-state index in [1.54, 1.807) is 0 Å². The van der Waals surface area contributed by atoms with Gasteiger partial charge in [-0.25, -0.2) is 8.42 Å². The van der Waals surface area contributed by atoms with Gasteiger partial charge in [-0.3, -0.25) is 4.79 Å². The van der Waals surface area contributed by atoms with E-state index in [0.717, 1.165) is 6.26 Å². The number of ether oxygens (including phenoxy) is 1. The van der Waals surface area contributed by atoms with Crippen molar-refractivity contribution in [1.82, 2.24) is 4.90 Å². The Kier molecular flexibility index (Phi) is 4.16. The van der Waals surface area contributed by atoms with Crippen molar-refractivity contribution in [2.45, 2.75) is 24.6 Å². The van der Waals surface area contributed by atoms with E-state index >= 15 is 0 Å². The van der Waals surface area contributed by atoms with Gasteiger partial charge >= 0.3 is 0 Å². The predicted octanol–water partition coefficient (Wildman–Crippen LogP) is -1.00. The molecule has 1 atom stereocenters. The maximum absolute atomic E-state index is 12.3. The van der Waals surface area contributed by atoms with Crippen LogP contribution in [0.4, 0.5) is 0 Å². The first kappa shape index (κ1) is 14.4. The van der Waals surface area contributed by atoms with Crippen LogP contribution in [0.25, 0.3) is 0 Å². The van der Waals surface area contributed by atoms with Crippen LogP contribution >= 0.6 is 0 Å². The number of hydrogen-bond donors (Lipinski definition) is 1. The van der Waals surface area contributed by atoms with Crippen molar-refractivity contribution in [3.05, 3.63) is 0 Å². The molecule has 0 saturated carbocycles. The maximum atomic E-state index is 12.3. The summed E-state index contributed by atoms with van der Waals surface area (Å²) in [6.07, 6.45) is 1.07. The topological polar surface area (TPSA) is 89.7 Å². The van der Waals surface area contributed by atoms with Crippen LogP contribution in [0.3, 0.4) is 0 Å². The minimum Gasteiger partial charge on any atom is -0.377 e. The van der Waals surface area contributed by atoms with Gasteiger partial charge in [0, 0.05) is 19.3 Å². The van der Waals surface area contributed by atoms with Crippen molar-refractivity contribution in [3.63, 3.8) is 0 Å². The van der Waals surface area contributed by atoms with Gasteiger partial charge in [-0.05, 0) is 13.8 Å². The number of nitrogens with two attached hydrogens (primary N) is 1. The average molecular weight is 264 g/mol. The Hall–Kier alpha value is -0.660. The van der Waals surface area contributed by atoms with Gasteiger partial charge in [-0.1, -0.05) is 0 Å². The highest BCUT2D eigenvalue weighted by Gasteiger charge is 2.43. The van der Waals surface area contributed by atoms with Crippen LogP contribution in [0.2, 0.25) is 0 Å². The van der Waals surface area contributed by atoms with Crippen LogP contribution in [0.1, 0.15) is 13.8 Å². The molecule has 0 aromatic heterocycles. The first-order valence-corrected chi connectivity index (χ1v) is 7.39. The normalized spacial score (nSPS) is 22.6. The number of morpholine rings is 1. The molecule has 0 aliphatic carbocycles. The Balaban J connectivity index is 2.95. The lowest BCUT2D eigenvalue weighted by atomic mass is 10.1. The highest BCUT2D eigenvalue weighted by atomic mass is 32.2. The summed E-state index contributed by atoms with van der Waals surface area (Å²) in [5.41, 5.74) is 5.56. The van der Waals surface area contributed by atoms with Crippen molar-refractivity contribution in [2.75, 3.05) is 32.6 Å². The molecule has 0 spiro atoms. The van der Waals surface area contributed by atoms with E-state index in [2.05, 4.69) is 0 Å². The lowest BCUT2D eigenvalue weighted by Crippen LogP contribution is -2.59. The van der Waals surface area contributed by atoms with E-state index in [0.29, 0.717) is 19.8 Å². The third-order valence-electron chi connectivity index (χ3n) is 3.20. The number of sulfone groups is 1. The molecule has 1 fully saturated rings. The van der Waals surface area contributed by atoms with Crippen LogP contribution in [0.15, 0.2) is 0 Å². The van der Waals surface area contributed by atoms with E-state index in [1.165, 1.54) is 18.7 Å². The van der Waals surface area contributed by atoms with Crippen molar-refractivity contribution >= 4 is 15.7 Å². The van der Waals surface area contributed by atoms with Crippen molar-refractivity contribution < 1.29 is 17.9 Å². The standard InChI is InChI=1S/C10H20N2O4S/c1-10(2,17(3,14)15)9(13)12-4-5-16-7-8(12)6-11/h8H,4-7,11H2,1-3H3. The summed E-state index contributed by atoms with van der Waals surface area (Å²) in [6.45, 7) is 4.29. The summed E-state index contributed by atoms with van der Waals surface area (Å²) in [4.78, 5) is 13.8. The Labute approximate surface area is 102 Å². The molecule has 1 heterocycles. The number of hydrogen-bond acceptors (Lipinski definition) is 5. The zero-order valence-electron chi connectivity index (χ0n) is 10.5. The quantitative estimate of drug-likeness (QED) is 0.706. The second kappa shape index (κ2) is 4.91. The first-order valence-electron chi connectivity index (χ1n) is 5.50. The number of carbonyl (C=O) groups excluding carboxylic acids is 1.